The molecule has 0 saturated carbocycles. The van der Waals surface area contributed by atoms with Gasteiger partial charge in [-0.15, -0.1) is 0 Å². The van der Waals surface area contributed by atoms with Crippen LogP contribution in [0, 0.1) is 20.8 Å². The lowest BCUT2D eigenvalue weighted by Crippen LogP contribution is -2.49. The molecule has 30 heavy (non-hydrogen) atoms. The molecule has 1 unspecified atom stereocenters. The molecule has 5 nitrogen and oxygen atoms in total. The molecule has 0 radical (unpaired) electrons. The van der Waals surface area contributed by atoms with Crippen molar-refractivity contribution in [3.8, 4) is 5.75 Å². The second-order valence-electron chi connectivity index (χ2n) is 7.94. The van der Waals surface area contributed by atoms with E-state index in [2.05, 4.69) is 18.3 Å². The monoisotopic (exact) mass is 410 g/mol. The van der Waals surface area contributed by atoms with Crippen LogP contribution in [0.5, 0.6) is 5.75 Å². The van der Waals surface area contributed by atoms with Crippen LogP contribution in [0.25, 0.3) is 0 Å². The molecule has 0 bridgehead atoms. The van der Waals surface area contributed by atoms with E-state index in [1.807, 2.05) is 57.2 Å². The molecule has 162 valence electrons. The first-order chi connectivity index (χ1) is 14.3. The van der Waals surface area contributed by atoms with E-state index in [9.17, 15) is 9.59 Å². The van der Waals surface area contributed by atoms with Crippen LogP contribution in [0.15, 0.2) is 42.5 Å². The van der Waals surface area contributed by atoms with E-state index < -0.39 is 6.04 Å². The van der Waals surface area contributed by atoms with Crippen molar-refractivity contribution in [3.63, 3.8) is 0 Å². The molecule has 1 atom stereocenters. The number of benzene rings is 2. The first-order valence-corrected chi connectivity index (χ1v) is 10.6. The molecule has 2 amide bonds. The molecule has 2 rings (SSSR count). The number of hydrogen-bond acceptors (Lipinski definition) is 3. The van der Waals surface area contributed by atoms with E-state index in [0.717, 1.165) is 35.1 Å². The normalized spacial score (nSPS) is 11.6. The van der Waals surface area contributed by atoms with E-state index in [-0.39, 0.29) is 18.4 Å². The highest BCUT2D eigenvalue weighted by molar-refractivity contribution is 5.87. The predicted octanol–water partition coefficient (Wildman–Crippen LogP) is 4.32. The second kappa shape index (κ2) is 11.4. The van der Waals surface area contributed by atoms with Gasteiger partial charge in [-0.1, -0.05) is 49.2 Å². The van der Waals surface area contributed by atoms with Gasteiger partial charge in [0, 0.05) is 13.1 Å². The minimum atomic E-state index is -0.585. The maximum Gasteiger partial charge on any atom is 0.261 e. The number of hydrogen-bond donors (Lipinski definition) is 1. The predicted molar refractivity (Wildman–Crippen MR) is 121 cm³/mol. The summed E-state index contributed by atoms with van der Waals surface area (Å²) in [6, 6.07) is 13.3. The van der Waals surface area contributed by atoms with Crippen molar-refractivity contribution in [1.29, 1.82) is 0 Å². The maximum atomic E-state index is 13.1. The Morgan fingerprint density at radius 2 is 1.73 bits per heavy atom. The molecule has 0 saturated heterocycles. The zero-order valence-corrected chi connectivity index (χ0v) is 18.8. The molecule has 0 aromatic heterocycles. The van der Waals surface area contributed by atoms with Crippen molar-refractivity contribution in [1.82, 2.24) is 10.2 Å². The zero-order valence-electron chi connectivity index (χ0n) is 18.8. The summed E-state index contributed by atoms with van der Waals surface area (Å²) in [6.07, 6.45) is 1.92. The molecule has 0 aliphatic rings. The van der Waals surface area contributed by atoms with Gasteiger partial charge in [0.1, 0.15) is 11.8 Å². The van der Waals surface area contributed by atoms with Gasteiger partial charge >= 0.3 is 0 Å². The first-order valence-electron chi connectivity index (χ1n) is 10.6. The van der Waals surface area contributed by atoms with Gasteiger partial charge in [-0.25, -0.2) is 0 Å². The van der Waals surface area contributed by atoms with Crippen LogP contribution in [0.2, 0.25) is 0 Å². The highest BCUT2D eigenvalue weighted by atomic mass is 16.5. The summed E-state index contributed by atoms with van der Waals surface area (Å²) >= 11 is 0. The Morgan fingerprint density at radius 1 is 1.03 bits per heavy atom. The molecule has 0 fully saturated rings. The largest absolute Gasteiger partial charge is 0.484 e. The molecule has 5 heteroatoms. The lowest BCUT2D eigenvalue weighted by atomic mass is 10.1. The van der Waals surface area contributed by atoms with Gasteiger partial charge in [-0.2, -0.15) is 0 Å². The van der Waals surface area contributed by atoms with Crippen molar-refractivity contribution < 1.29 is 14.3 Å². The number of unbranched alkanes of at least 4 members (excludes halogenated alkanes) is 1. The van der Waals surface area contributed by atoms with Crippen LogP contribution in [0.1, 0.15) is 48.9 Å². The zero-order chi connectivity index (χ0) is 22.1. The van der Waals surface area contributed by atoms with Crippen LogP contribution in [0.3, 0.4) is 0 Å². The fourth-order valence-electron chi connectivity index (χ4n) is 3.37. The lowest BCUT2D eigenvalue weighted by molar-refractivity contribution is -0.142. The third kappa shape index (κ3) is 7.21. The fourth-order valence-corrected chi connectivity index (χ4v) is 3.37. The number of nitrogens with one attached hydrogen (secondary N) is 1. The minimum absolute atomic E-state index is 0.110. The summed E-state index contributed by atoms with van der Waals surface area (Å²) in [4.78, 5) is 27.3. The summed E-state index contributed by atoms with van der Waals surface area (Å²) in [5.41, 5.74) is 4.27. The summed E-state index contributed by atoms with van der Waals surface area (Å²) in [5, 5.41) is 2.93. The molecule has 0 heterocycles. The van der Waals surface area contributed by atoms with Gasteiger partial charge in [0.25, 0.3) is 5.91 Å². The molecule has 0 aliphatic carbocycles. The number of nitrogens with zero attached hydrogens (tertiary/aromatic N) is 1. The summed E-state index contributed by atoms with van der Waals surface area (Å²) in [5.74, 6) is 0.307. The Bertz CT molecular complexity index is 843. The van der Waals surface area contributed by atoms with Crippen LogP contribution in [0.4, 0.5) is 0 Å². The second-order valence-corrected chi connectivity index (χ2v) is 7.94. The van der Waals surface area contributed by atoms with Crippen molar-refractivity contribution in [3.05, 3.63) is 64.7 Å². The lowest BCUT2D eigenvalue weighted by Gasteiger charge is -2.29. The van der Waals surface area contributed by atoms with E-state index in [4.69, 9.17) is 4.74 Å². The van der Waals surface area contributed by atoms with E-state index in [0.29, 0.717) is 18.8 Å². The SMILES string of the molecule is CCCCNC(=O)C(C)N(Cc1cccc(C)c1)C(=O)COc1cc(C)cc(C)c1. The Balaban J connectivity index is 2.13. The number of carbonyl (C=O) groups excluding carboxylic acids is 2. The third-order valence-corrected chi connectivity index (χ3v) is 4.99. The number of aryl methyl sites for hydroxylation is 3. The van der Waals surface area contributed by atoms with Gasteiger partial charge in [-0.05, 0) is 62.9 Å². The van der Waals surface area contributed by atoms with E-state index >= 15 is 0 Å². The molecule has 0 aliphatic heterocycles. The van der Waals surface area contributed by atoms with Gasteiger partial charge < -0.3 is 15.0 Å². The number of carbonyl (C=O) groups is 2. The molecule has 2 aromatic carbocycles. The quantitative estimate of drug-likeness (QED) is 0.593. The number of rotatable bonds is 10. The average molecular weight is 411 g/mol. The summed E-state index contributed by atoms with van der Waals surface area (Å²) in [6.45, 7) is 10.7. The van der Waals surface area contributed by atoms with Crippen molar-refractivity contribution >= 4 is 11.8 Å². The van der Waals surface area contributed by atoms with Gasteiger partial charge in [0.05, 0.1) is 0 Å². The molecule has 0 spiro atoms. The van der Waals surface area contributed by atoms with Crippen LogP contribution in [-0.4, -0.2) is 35.9 Å². The van der Waals surface area contributed by atoms with Crippen molar-refractivity contribution in [2.45, 2.75) is 60.0 Å². The topological polar surface area (TPSA) is 58.6 Å². The molecular weight excluding hydrogens is 376 g/mol. The Hall–Kier alpha value is -2.82. The van der Waals surface area contributed by atoms with Crippen LogP contribution in [-0.2, 0) is 16.1 Å². The minimum Gasteiger partial charge on any atom is -0.484 e. The van der Waals surface area contributed by atoms with Gasteiger partial charge in [0.2, 0.25) is 5.91 Å². The van der Waals surface area contributed by atoms with Crippen molar-refractivity contribution in [2.75, 3.05) is 13.2 Å². The standard InChI is InChI=1S/C25H34N2O3/c1-6-7-11-26-25(29)21(5)27(16-22-10-8-9-18(2)13-22)24(28)17-30-23-14-19(3)12-20(4)15-23/h8-10,12-15,21H,6-7,11,16-17H2,1-5H3,(H,26,29). The van der Waals surface area contributed by atoms with E-state index in [1.165, 1.54) is 0 Å². The maximum absolute atomic E-state index is 13.1. The van der Waals surface area contributed by atoms with E-state index in [1.54, 1.807) is 11.8 Å². The smallest absolute Gasteiger partial charge is 0.261 e. The Kier molecular flexibility index (Phi) is 8.90. The summed E-state index contributed by atoms with van der Waals surface area (Å²) < 4.78 is 5.78. The Labute approximate surface area is 180 Å². The highest BCUT2D eigenvalue weighted by Gasteiger charge is 2.26. The van der Waals surface area contributed by atoms with Crippen molar-refractivity contribution in [2.24, 2.45) is 0 Å². The van der Waals surface area contributed by atoms with Crippen LogP contribution >= 0.6 is 0 Å². The van der Waals surface area contributed by atoms with Crippen LogP contribution < -0.4 is 10.1 Å². The molecule has 1 N–H and O–H groups in total. The Morgan fingerprint density at radius 3 is 2.37 bits per heavy atom. The molecule has 2 aromatic rings. The first kappa shape index (κ1) is 23.5. The van der Waals surface area contributed by atoms with Gasteiger partial charge in [0.15, 0.2) is 6.61 Å². The van der Waals surface area contributed by atoms with Gasteiger partial charge in [-0.3, -0.25) is 9.59 Å². The highest BCUT2D eigenvalue weighted by Crippen LogP contribution is 2.17. The number of amides is 2. The molecular formula is C25H34N2O3. The number of ether oxygens (including phenoxy) is 1. The average Bonchev–Trinajstić information content (AvgIpc) is 2.69. The summed E-state index contributed by atoms with van der Waals surface area (Å²) in [7, 11) is 0. The third-order valence-electron chi connectivity index (χ3n) is 4.99. The fraction of sp³-hybridized carbons (Fsp3) is 0.440.